The number of rotatable bonds is 5. The Balaban J connectivity index is 0.000000405. The Bertz CT molecular complexity index is 415. The van der Waals surface area contributed by atoms with Gasteiger partial charge in [-0.3, -0.25) is 4.79 Å². The van der Waals surface area contributed by atoms with Crippen LogP contribution in [0.15, 0.2) is 15.0 Å². The van der Waals surface area contributed by atoms with E-state index in [1.165, 1.54) is 0 Å². The maximum atomic E-state index is 10.2. The molecule has 2 fully saturated rings. The third-order valence-corrected chi connectivity index (χ3v) is 4.04. The molecule has 0 aromatic rings. The largest absolute Gasteiger partial charge is 0.400 e. The van der Waals surface area contributed by atoms with Gasteiger partial charge in [0.25, 0.3) is 0 Å². The topological polar surface area (TPSA) is 107 Å². The molecule has 138 valence electrons. The first-order valence-corrected chi connectivity index (χ1v) is 7.94. The highest BCUT2D eigenvalue weighted by Crippen LogP contribution is 2.13. The summed E-state index contributed by atoms with van der Waals surface area (Å²) in [6.07, 6.45) is 0.602. The highest BCUT2D eigenvalue weighted by atomic mass is 16.2. The maximum Gasteiger partial charge on any atom is 0.232 e. The van der Waals surface area contributed by atoms with Gasteiger partial charge in [0.05, 0.1) is 0 Å². The quantitative estimate of drug-likeness (QED) is 0.495. The summed E-state index contributed by atoms with van der Waals surface area (Å²) in [5.41, 5.74) is 6.76. The van der Waals surface area contributed by atoms with Gasteiger partial charge in [-0.1, -0.05) is 0 Å². The minimum atomic E-state index is 0.290. The third-order valence-electron chi connectivity index (χ3n) is 4.04. The molecule has 2 rings (SSSR count). The maximum absolute atomic E-state index is 10.2. The van der Waals surface area contributed by atoms with Gasteiger partial charge in [0.15, 0.2) is 0 Å². The van der Waals surface area contributed by atoms with Crippen molar-refractivity contribution < 1.29 is 9.90 Å². The molecule has 0 aliphatic carbocycles. The molecular weight excluding hydrogens is 308 g/mol. The molecule has 0 aromatic carbocycles. The fourth-order valence-corrected chi connectivity index (χ4v) is 2.96. The number of aliphatic hydroxyl groups excluding tert-OH is 1. The molecule has 3 unspecified atom stereocenters. The number of aliphatic imine (C=N–C) groups is 3. The Morgan fingerprint density at radius 3 is 2.25 bits per heavy atom. The van der Waals surface area contributed by atoms with Gasteiger partial charge in [-0.05, 0) is 27.5 Å². The van der Waals surface area contributed by atoms with E-state index < -0.39 is 0 Å². The second-order valence-corrected chi connectivity index (χ2v) is 6.08. The number of nitrogens with zero attached hydrogens (tertiary/aromatic N) is 5. The standard InChI is InChI=1S/C8H13N3O.C7H15N3.CH4O/c1-9-3-7-4-11(2)5-8(7)10-6-12;1-9-3-6-4-10(2)5-7(6)8;1-2/h6-7H,1,3-5H2,2H3;6-7H,1,3-5,8H2,2H3;2H,1H3. The second-order valence-electron chi connectivity index (χ2n) is 6.08. The van der Waals surface area contributed by atoms with E-state index in [2.05, 4.69) is 45.3 Å². The van der Waals surface area contributed by atoms with E-state index >= 15 is 0 Å². The lowest BCUT2D eigenvalue weighted by molar-refractivity contribution is -0.106. The van der Waals surface area contributed by atoms with Crippen LogP contribution in [0.4, 0.5) is 0 Å². The van der Waals surface area contributed by atoms with Gasteiger partial charge < -0.3 is 30.6 Å². The van der Waals surface area contributed by atoms with Crippen LogP contribution in [0.25, 0.3) is 0 Å². The molecule has 24 heavy (non-hydrogen) atoms. The van der Waals surface area contributed by atoms with Crippen LogP contribution < -0.4 is 5.73 Å². The van der Waals surface area contributed by atoms with Crippen molar-refractivity contribution in [2.45, 2.75) is 6.04 Å². The summed E-state index contributed by atoms with van der Waals surface area (Å²) in [6, 6.07) is 0.301. The third kappa shape index (κ3) is 7.87. The van der Waals surface area contributed by atoms with Gasteiger partial charge in [-0.25, -0.2) is 4.99 Å². The van der Waals surface area contributed by atoms with Gasteiger partial charge in [-0.2, -0.15) is 0 Å². The lowest BCUT2D eigenvalue weighted by Crippen LogP contribution is -2.30. The average molecular weight is 340 g/mol. The zero-order valence-electron chi connectivity index (χ0n) is 15.1. The molecular formula is C16H32N6O2. The van der Waals surface area contributed by atoms with Gasteiger partial charge in [0.2, 0.25) is 6.41 Å². The number of likely N-dealkylation sites (N-methyl/N-ethyl adjacent to an activating group) is 1. The normalized spacial score (nSPS) is 28.5. The van der Waals surface area contributed by atoms with E-state index in [4.69, 9.17) is 10.8 Å². The molecule has 0 radical (unpaired) electrons. The van der Waals surface area contributed by atoms with Crippen molar-refractivity contribution in [1.82, 2.24) is 9.80 Å². The van der Waals surface area contributed by atoms with Crippen LogP contribution in [0, 0.1) is 11.8 Å². The second kappa shape index (κ2) is 12.9. The summed E-state index contributed by atoms with van der Waals surface area (Å²) in [5, 5.41) is 7.00. The van der Waals surface area contributed by atoms with Crippen molar-refractivity contribution in [3.05, 3.63) is 0 Å². The van der Waals surface area contributed by atoms with Crippen LogP contribution >= 0.6 is 0 Å². The Hall–Kier alpha value is -1.48. The lowest BCUT2D eigenvalue weighted by Gasteiger charge is -2.09. The molecule has 0 spiro atoms. The van der Waals surface area contributed by atoms with Crippen molar-refractivity contribution >= 4 is 25.6 Å². The van der Waals surface area contributed by atoms with Crippen molar-refractivity contribution in [2.24, 2.45) is 32.5 Å². The van der Waals surface area contributed by atoms with E-state index in [9.17, 15) is 4.79 Å². The first-order valence-electron chi connectivity index (χ1n) is 7.94. The van der Waals surface area contributed by atoms with Gasteiger partial charge in [0.1, 0.15) is 0 Å². The number of amides is 1. The van der Waals surface area contributed by atoms with Crippen molar-refractivity contribution in [3.8, 4) is 0 Å². The number of nitrogens with two attached hydrogens (primary N) is 1. The molecule has 3 N–H and O–H groups in total. The molecule has 0 aromatic heterocycles. The van der Waals surface area contributed by atoms with E-state index in [1.54, 1.807) is 0 Å². The summed E-state index contributed by atoms with van der Waals surface area (Å²) >= 11 is 0. The van der Waals surface area contributed by atoms with Crippen LogP contribution in [0.3, 0.4) is 0 Å². The predicted molar refractivity (Wildman–Crippen MR) is 100 cm³/mol. The molecule has 2 aliphatic heterocycles. The molecule has 0 bridgehead atoms. The van der Waals surface area contributed by atoms with Gasteiger partial charge >= 0.3 is 0 Å². The average Bonchev–Trinajstić information content (AvgIpc) is 3.05. The smallest absolute Gasteiger partial charge is 0.232 e. The molecule has 3 atom stereocenters. The van der Waals surface area contributed by atoms with Crippen molar-refractivity contribution in [3.63, 3.8) is 0 Å². The highest BCUT2D eigenvalue weighted by molar-refractivity contribution is 5.95. The Kier molecular flexibility index (Phi) is 12.1. The van der Waals surface area contributed by atoms with Crippen molar-refractivity contribution in [2.75, 3.05) is 60.5 Å². The van der Waals surface area contributed by atoms with Gasteiger partial charge in [-0.15, -0.1) is 0 Å². The minimum absolute atomic E-state index is 0.290. The molecule has 1 amide bonds. The number of carbonyl (C=O) groups excluding carboxylic acids is 1. The monoisotopic (exact) mass is 340 g/mol. The van der Waals surface area contributed by atoms with E-state index in [-0.39, 0.29) is 5.92 Å². The molecule has 2 aliphatic rings. The fourth-order valence-electron chi connectivity index (χ4n) is 2.96. The molecule has 2 saturated heterocycles. The Morgan fingerprint density at radius 2 is 1.79 bits per heavy atom. The van der Waals surface area contributed by atoms with E-state index in [1.807, 2.05) is 7.05 Å². The van der Waals surface area contributed by atoms with E-state index in [0.29, 0.717) is 24.9 Å². The summed E-state index contributed by atoms with van der Waals surface area (Å²) in [5.74, 6) is 0.820. The first-order chi connectivity index (χ1) is 11.5. The minimum Gasteiger partial charge on any atom is -0.400 e. The summed E-state index contributed by atoms with van der Waals surface area (Å²) in [4.78, 5) is 26.0. The summed E-state index contributed by atoms with van der Waals surface area (Å²) in [6.45, 7) is 12.1. The highest BCUT2D eigenvalue weighted by Gasteiger charge is 2.27. The van der Waals surface area contributed by atoms with Crippen LogP contribution in [0.2, 0.25) is 0 Å². The number of hydrogen-bond acceptors (Lipinski definition) is 7. The number of hydrogen-bond donors (Lipinski definition) is 2. The number of aliphatic hydroxyl groups is 1. The van der Waals surface area contributed by atoms with Crippen LogP contribution in [-0.4, -0.2) is 107 Å². The molecule has 2 heterocycles. The SMILES string of the molecule is C=NCC1CN(C)CC1=NC=O.C=NCC1CN(C)CC1N.CO. The summed E-state index contributed by atoms with van der Waals surface area (Å²) in [7, 11) is 5.09. The Labute approximate surface area is 145 Å². The fraction of sp³-hybridized carbons (Fsp3) is 0.750. The molecule has 8 nitrogen and oxygen atoms in total. The zero-order chi connectivity index (χ0) is 18.5. The molecule has 0 saturated carbocycles. The predicted octanol–water partition coefficient (Wildman–Crippen LogP) is -0.970. The first kappa shape index (κ1) is 22.5. The zero-order valence-corrected chi connectivity index (χ0v) is 15.1. The molecule has 8 heteroatoms. The van der Waals surface area contributed by atoms with Crippen LogP contribution in [0.1, 0.15) is 0 Å². The Morgan fingerprint density at radius 1 is 1.17 bits per heavy atom. The lowest BCUT2D eigenvalue weighted by atomic mass is 10.1. The van der Waals surface area contributed by atoms with Crippen LogP contribution in [-0.2, 0) is 4.79 Å². The van der Waals surface area contributed by atoms with Crippen molar-refractivity contribution in [1.29, 1.82) is 0 Å². The summed E-state index contributed by atoms with van der Waals surface area (Å²) < 4.78 is 0. The van der Waals surface area contributed by atoms with Crippen LogP contribution in [0.5, 0.6) is 0 Å². The van der Waals surface area contributed by atoms with E-state index in [0.717, 1.165) is 45.5 Å². The number of likely N-dealkylation sites (tertiary alicyclic amines) is 2. The number of carbonyl (C=O) groups is 1. The van der Waals surface area contributed by atoms with Gasteiger partial charge in [0, 0.05) is 70.0 Å².